The Morgan fingerprint density at radius 3 is 1.83 bits per heavy atom. The van der Waals surface area contributed by atoms with Crippen LogP contribution < -0.4 is 0 Å². The topological polar surface area (TPSA) is 9.23 Å². The van der Waals surface area contributed by atoms with Gasteiger partial charge in [0, 0.05) is 5.41 Å². The van der Waals surface area contributed by atoms with Crippen molar-refractivity contribution in [2.45, 2.75) is 46.1 Å². The number of fused-ring (bicyclic) bond motifs is 1. The van der Waals surface area contributed by atoms with Crippen LogP contribution in [0.2, 0.25) is 0 Å². The number of ether oxygens (including phenoxy) is 1. The standard InChI is InChI=1S/C11H20O/c1-8(2)10-5-11(6-10,9(3)4)12-7-10/h8-9H,5-7H2,1-4H3. The highest BCUT2D eigenvalue weighted by Crippen LogP contribution is 2.63. The van der Waals surface area contributed by atoms with Gasteiger partial charge in [0.25, 0.3) is 0 Å². The second-order valence-corrected chi connectivity index (χ2v) is 5.38. The first kappa shape index (κ1) is 8.55. The molecule has 3 aliphatic rings. The van der Waals surface area contributed by atoms with Crippen LogP contribution in [-0.2, 0) is 4.74 Å². The summed E-state index contributed by atoms with van der Waals surface area (Å²) in [5, 5.41) is 0. The fraction of sp³-hybridized carbons (Fsp3) is 1.00. The Labute approximate surface area is 75.5 Å². The molecule has 0 aromatic carbocycles. The Hall–Kier alpha value is -0.0400. The molecule has 1 aliphatic carbocycles. The summed E-state index contributed by atoms with van der Waals surface area (Å²) in [6.07, 6.45) is 2.63. The SMILES string of the molecule is CC(C)C12COC(C(C)C)(C1)C2. The van der Waals surface area contributed by atoms with Gasteiger partial charge in [0.15, 0.2) is 0 Å². The highest BCUT2D eigenvalue weighted by atomic mass is 16.5. The first-order valence-corrected chi connectivity index (χ1v) is 5.15. The van der Waals surface area contributed by atoms with E-state index < -0.39 is 0 Å². The summed E-state index contributed by atoms with van der Waals surface area (Å²) in [6.45, 7) is 10.3. The van der Waals surface area contributed by atoms with Crippen molar-refractivity contribution in [1.29, 1.82) is 0 Å². The maximum Gasteiger partial charge on any atom is 0.0718 e. The van der Waals surface area contributed by atoms with E-state index in [1.54, 1.807) is 0 Å². The second kappa shape index (κ2) is 2.25. The molecule has 2 aliphatic heterocycles. The van der Waals surface area contributed by atoms with E-state index in [4.69, 9.17) is 4.74 Å². The molecule has 0 radical (unpaired) electrons. The molecule has 0 aromatic rings. The van der Waals surface area contributed by atoms with Gasteiger partial charge < -0.3 is 4.74 Å². The molecule has 70 valence electrons. The van der Waals surface area contributed by atoms with Crippen molar-refractivity contribution in [2.24, 2.45) is 17.3 Å². The van der Waals surface area contributed by atoms with Crippen LogP contribution in [0.3, 0.4) is 0 Å². The third-order valence-corrected chi connectivity index (χ3v) is 4.23. The van der Waals surface area contributed by atoms with Crippen LogP contribution in [0.15, 0.2) is 0 Å². The first-order valence-electron chi connectivity index (χ1n) is 5.15. The molecule has 1 saturated carbocycles. The lowest BCUT2D eigenvalue weighted by Crippen LogP contribution is -2.50. The van der Waals surface area contributed by atoms with Crippen molar-refractivity contribution in [1.82, 2.24) is 0 Å². The molecule has 12 heavy (non-hydrogen) atoms. The van der Waals surface area contributed by atoms with E-state index in [-0.39, 0.29) is 5.60 Å². The smallest absolute Gasteiger partial charge is 0.0718 e. The van der Waals surface area contributed by atoms with Crippen LogP contribution in [-0.4, -0.2) is 12.2 Å². The quantitative estimate of drug-likeness (QED) is 0.616. The fourth-order valence-corrected chi connectivity index (χ4v) is 2.78. The van der Waals surface area contributed by atoms with Gasteiger partial charge in [-0.15, -0.1) is 0 Å². The number of rotatable bonds is 2. The van der Waals surface area contributed by atoms with E-state index in [0.29, 0.717) is 11.3 Å². The predicted molar refractivity (Wildman–Crippen MR) is 50.0 cm³/mol. The molecule has 0 spiro atoms. The third kappa shape index (κ3) is 0.834. The summed E-state index contributed by atoms with van der Waals surface area (Å²) in [5.74, 6) is 1.50. The van der Waals surface area contributed by atoms with Gasteiger partial charge in [0.2, 0.25) is 0 Å². The van der Waals surface area contributed by atoms with Crippen LogP contribution in [0.1, 0.15) is 40.5 Å². The maximum atomic E-state index is 5.94. The highest BCUT2D eigenvalue weighted by molar-refractivity contribution is 5.13. The van der Waals surface area contributed by atoms with Gasteiger partial charge in [-0.25, -0.2) is 0 Å². The second-order valence-electron chi connectivity index (χ2n) is 5.38. The number of hydrogen-bond donors (Lipinski definition) is 0. The molecule has 0 amide bonds. The van der Waals surface area contributed by atoms with Crippen LogP contribution in [0.4, 0.5) is 0 Å². The zero-order valence-corrected chi connectivity index (χ0v) is 8.68. The minimum atomic E-state index is 0.282. The summed E-state index contributed by atoms with van der Waals surface area (Å²) in [6, 6.07) is 0. The molecule has 1 heteroatoms. The molecule has 2 saturated heterocycles. The molecule has 0 unspecified atom stereocenters. The van der Waals surface area contributed by atoms with E-state index in [1.807, 2.05) is 0 Å². The highest BCUT2D eigenvalue weighted by Gasteiger charge is 2.64. The van der Waals surface area contributed by atoms with Gasteiger partial charge >= 0.3 is 0 Å². The van der Waals surface area contributed by atoms with Crippen molar-refractivity contribution in [3.63, 3.8) is 0 Å². The van der Waals surface area contributed by atoms with Crippen LogP contribution >= 0.6 is 0 Å². The molecule has 3 rings (SSSR count). The average molecular weight is 168 g/mol. The normalized spacial score (nSPS) is 45.5. The van der Waals surface area contributed by atoms with Gasteiger partial charge in [0.05, 0.1) is 12.2 Å². The summed E-state index contributed by atoms with van der Waals surface area (Å²) >= 11 is 0. The van der Waals surface area contributed by atoms with Crippen LogP contribution in [0, 0.1) is 17.3 Å². The zero-order valence-electron chi connectivity index (χ0n) is 8.68. The lowest BCUT2D eigenvalue weighted by molar-refractivity contribution is -0.0634. The van der Waals surface area contributed by atoms with Gasteiger partial charge in [-0.2, -0.15) is 0 Å². The average Bonchev–Trinajstić information content (AvgIpc) is 2.37. The first-order chi connectivity index (χ1) is 5.51. The Kier molecular flexibility index (Phi) is 1.61. The summed E-state index contributed by atoms with van der Waals surface area (Å²) in [4.78, 5) is 0. The van der Waals surface area contributed by atoms with Crippen molar-refractivity contribution in [3.05, 3.63) is 0 Å². The number of hydrogen-bond acceptors (Lipinski definition) is 1. The van der Waals surface area contributed by atoms with Crippen molar-refractivity contribution < 1.29 is 4.74 Å². The van der Waals surface area contributed by atoms with Crippen molar-refractivity contribution >= 4 is 0 Å². The molecule has 2 heterocycles. The van der Waals surface area contributed by atoms with E-state index in [1.165, 1.54) is 12.8 Å². The lowest BCUT2D eigenvalue weighted by Gasteiger charge is -2.49. The molecule has 0 atom stereocenters. The van der Waals surface area contributed by atoms with Crippen molar-refractivity contribution in [2.75, 3.05) is 6.61 Å². The van der Waals surface area contributed by atoms with Gasteiger partial charge in [-0.3, -0.25) is 0 Å². The summed E-state index contributed by atoms with van der Waals surface area (Å²) in [7, 11) is 0. The molecule has 2 bridgehead atoms. The van der Waals surface area contributed by atoms with E-state index in [2.05, 4.69) is 27.7 Å². The minimum Gasteiger partial charge on any atom is -0.374 e. The van der Waals surface area contributed by atoms with Crippen molar-refractivity contribution in [3.8, 4) is 0 Å². The van der Waals surface area contributed by atoms with Gasteiger partial charge in [0.1, 0.15) is 0 Å². The fourth-order valence-electron chi connectivity index (χ4n) is 2.78. The zero-order chi connectivity index (χ0) is 8.98. The largest absolute Gasteiger partial charge is 0.374 e. The Morgan fingerprint density at radius 2 is 1.58 bits per heavy atom. The minimum absolute atomic E-state index is 0.282. The molecule has 0 aromatic heterocycles. The Balaban J connectivity index is 2.10. The Bertz CT molecular complexity index is 167. The van der Waals surface area contributed by atoms with Crippen LogP contribution in [0.25, 0.3) is 0 Å². The van der Waals surface area contributed by atoms with Gasteiger partial charge in [-0.1, -0.05) is 27.7 Å². The molecule has 3 fully saturated rings. The third-order valence-electron chi connectivity index (χ3n) is 4.23. The van der Waals surface area contributed by atoms with E-state index >= 15 is 0 Å². The maximum absolute atomic E-state index is 5.94. The predicted octanol–water partition coefficient (Wildman–Crippen LogP) is 2.85. The van der Waals surface area contributed by atoms with E-state index in [9.17, 15) is 0 Å². The molecular formula is C11H20O. The molecule has 0 N–H and O–H groups in total. The monoisotopic (exact) mass is 168 g/mol. The molecular weight excluding hydrogens is 148 g/mol. The lowest BCUT2D eigenvalue weighted by atomic mass is 9.54. The molecule has 1 nitrogen and oxygen atoms in total. The Morgan fingerprint density at radius 1 is 1.00 bits per heavy atom. The summed E-state index contributed by atoms with van der Waals surface area (Å²) in [5.41, 5.74) is 0.842. The summed E-state index contributed by atoms with van der Waals surface area (Å²) < 4.78 is 5.94. The van der Waals surface area contributed by atoms with E-state index in [0.717, 1.165) is 12.5 Å². The van der Waals surface area contributed by atoms with Gasteiger partial charge in [-0.05, 0) is 24.7 Å². The van der Waals surface area contributed by atoms with Crippen LogP contribution in [0.5, 0.6) is 0 Å².